The largest absolute Gasteiger partial charge is 0.456 e. The van der Waals surface area contributed by atoms with Gasteiger partial charge in [0.25, 0.3) is 0 Å². The minimum absolute atomic E-state index is 0.489. The highest BCUT2D eigenvalue weighted by Crippen LogP contribution is 2.31. The van der Waals surface area contributed by atoms with Gasteiger partial charge in [-0.05, 0) is 36.4 Å². The molecule has 2 aromatic carbocycles. The number of nitrogens with two attached hydrogens (primary N) is 1. The first kappa shape index (κ1) is 11.3. The fourth-order valence-corrected chi connectivity index (χ4v) is 1.48. The Labute approximate surface area is 104 Å². The van der Waals surface area contributed by atoms with E-state index in [-0.39, 0.29) is 0 Å². The third kappa shape index (κ3) is 2.68. The highest BCUT2D eigenvalue weighted by atomic mass is 35.5. The Hall–Kier alpha value is -2.18. The lowest BCUT2D eigenvalue weighted by atomic mass is 10.2. The van der Waals surface area contributed by atoms with Crippen molar-refractivity contribution in [2.45, 2.75) is 0 Å². The second kappa shape index (κ2) is 4.77. The molecule has 84 valence electrons. The first-order valence-corrected chi connectivity index (χ1v) is 5.30. The van der Waals surface area contributed by atoms with Gasteiger partial charge in [0.2, 0.25) is 0 Å². The number of anilines is 1. The van der Waals surface area contributed by atoms with E-state index in [1.807, 2.05) is 6.07 Å². The standard InChI is InChI=1S/C13H9ClN2O/c14-12-6-3-10(16)7-13(12)17-11-4-1-9(8-15)2-5-11/h1-7H,16H2. The number of hydrogen-bond donors (Lipinski definition) is 1. The molecule has 2 N–H and O–H groups in total. The van der Waals surface area contributed by atoms with E-state index in [2.05, 4.69) is 0 Å². The summed E-state index contributed by atoms with van der Waals surface area (Å²) in [6.07, 6.45) is 0. The molecule has 0 radical (unpaired) electrons. The van der Waals surface area contributed by atoms with E-state index in [0.717, 1.165) is 0 Å². The van der Waals surface area contributed by atoms with Gasteiger partial charge in [-0.15, -0.1) is 0 Å². The number of halogens is 1. The summed E-state index contributed by atoms with van der Waals surface area (Å²) in [6.45, 7) is 0. The number of ether oxygens (including phenoxy) is 1. The summed E-state index contributed by atoms with van der Waals surface area (Å²) >= 11 is 5.97. The molecule has 0 unspecified atom stereocenters. The van der Waals surface area contributed by atoms with Gasteiger partial charge in [0.1, 0.15) is 11.5 Å². The maximum atomic E-state index is 8.67. The van der Waals surface area contributed by atoms with Crippen molar-refractivity contribution < 1.29 is 4.74 Å². The Kier molecular flexibility index (Phi) is 3.17. The van der Waals surface area contributed by atoms with Crippen LogP contribution in [0.2, 0.25) is 5.02 Å². The number of benzene rings is 2. The highest BCUT2D eigenvalue weighted by Gasteiger charge is 2.03. The lowest BCUT2D eigenvalue weighted by Gasteiger charge is -2.08. The van der Waals surface area contributed by atoms with Gasteiger partial charge in [0.05, 0.1) is 16.7 Å². The summed E-state index contributed by atoms with van der Waals surface area (Å²) in [5.74, 6) is 1.10. The lowest BCUT2D eigenvalue weighted by molar-refractivity contribution is 0.483. The molecule has 0 atom stereocenters. The smallest absolute Gasteiger partial charge is 0.148 e. The highest BCUT2D eigenvalue weighted by molar-refractivity contribution is 6.32. The number of nitrogens with zero attached hydrogens (tertiary/aromatic N) is 1. The van der Waals surface area contributed by atoms with Crippen LogP contribution in [0, 0.1) is 11.3 Å². The molecule has 4 heteroatoms. The van der Waals surface area contributed by atoms with Gasteiger partial charge in [-0.1, -0.05) is 11.6 Å². The molecule has 0 fully saturated rings. The van der Waals surface area contributed by atoms with Crippen molar-refractivity contribution in [3.63, 3.8) is 0 Å². The van der Waals surface area contributed by atoms with E-state index in [0.29, 0.717) is 27.8 Å². The summed E-state index contributed by atoms with van der Waals surface area (Å²) in [5, 5.41) is 9.16. The average Bonchev–Trinajstić information content (AvgIpc) is 2.35. The third-order valence-corrected chi connectivity index (χ3v) is 2.48. The van der Waals surface area contributed by atoms with Gasteiger partial charge in [0.15, 0.2) is 0 Å². The number of hydrogen-bond acceptors (Lipinski definition) is 3. The first-order valence-electron chi connectivity index (χ1n) is 4.92. The second-order valence-electron chi connectivity index (χ2n) is 3.43. The van der Waals surface area contributed by atoms with Crippen LogP contribution in [0.1, 0.15) is 5.56 Å². The Morgan fingerprint density at radius 3 is 2.47 bits per heavy atom. The van der Waals surface area contributed by atoms with Crippen molar-refractivity contribution in [3.05, 3.63) is 53.1 Å². The van der Waals surface area contributed by atoms with Crippen LogP contribution < -0.4 is 10.5 Å². The van der Waals surface area contributed by atoms with Crippen LogP contribution in [0.4, 0.5) is 5.69 Å². The molecule has 2 rings (SSSR count). The molecule has 0 aromatic heterocycles. The van der Waals surface area contributed by atoms with Crippen molar-refractivity contribution in [2.75, 3.05) is 5.73 Å². The van der Waals surface area contributed by atoms with Crippen LogP contribution in [0.25, 0.3) is 0 Å². The molecule has 0 saturated heterocycles. The summed E-state index contributed by atoms with van der Waals surface area (Å²) in [5.41, 5.74) is 6.81. The number of nitrogen functional groups attached to an aromatic ring is 1. The molecular weight excluding hydrogens is 236 g/mol. The van der Waals surface area contributed by atoms with E-state index in [9.17, 15) is 0 Å². The van der Waals surface area contributed by atoms with Crippen LogP contribution in [-0.2, 0) is 0 Å². The topological polar surface area (TPSA) is 59.0 Å². The molecule has 17 heavy (non-hydrogen) atoms. The van der Waals surface area contributed by atoms with E-state index in [1.54, 1.807) is 42.5 Å². The number of nitriles is 1. The van der Waals surface area contributed by atoms with Gasteiger partial charge >= 0.3 is 0 Å². The van der Waals surface area contributed by atoms with E-state index < -0.39 is 0 Å². The monoisotopic (exact) mass is 244 g/mol. The Balaban J connectivity index is 2.25. The summed E-state index contributed by atoms with van der Waals surface area (Å²) < 4.78 is 5.57. The van der Waals surface area contributed by atoms with Crippen LogP contribution in [0.15, 0.2) is 42.5 Å². The van der Waals surface area contributed by atoms with E-state index in [1.165, 1.54) is 0 Å². The van der Waals surface area contributed by atoms with Crippen molar-refractivity contribution in [1.29, 1.82) is 5.26 Å². The molecule has 3 nitrogen and oxygen atoms in total. The number of rotatable bonds is 2. The molecule has 0 saturated carbocycles. The van der Waals surface area contributed by atoms with Gasteiger partial charge in [-0.3, -0.25) is 0 Å². The fourth-order valence-electron chi connectivity index (χ4n) is 1.32. The van der Waals surface area contributed by atoms with E-state index >= 15 is 0 Å². The Morgan fingerprint density at radius 2 is 1.82 bits per heavy atom. The van der Waals surface area contributed by atoms with Crippen LogP contribution >= 0.6 is 11.6 Å². The first-order chi connectivity index (χ1) is 8.19. The maximum absolute atomic E-state index is 8.67. The summed E-state index contributed by atoms with van der Waals surface area (Å²) in [4.78, 5) is 0. The van der Waals surface area contributed by atoms with E-state index in [4.69, 9.17) is 27.3 Å². The maximum Gasteiger partial charge on any atom is 0.148 e. The Morgan fingerprint density at radius 1 is 1.12 bits per heavy atom. The molecule has 0 aliphatic rings. The lowest BCUT2D eigenvalue weighted by Crippen LogP contribution is -1.89. The average molecular weight is 245 g/mol. The minimum Gasteiger partial charge on any atom is -0.456 e. The molecule has 0 amide bonds. The summed E-state index contributed by atoms with van der Waals surface area (Å²) in [6, 6.07) is 13.8. The van der Waals surface area contributed by atoms with Crippen LogP contribution in [-0.4, -0.2) is 0 Å². The fraction of sp³-hybridized carbons (Fsp3) is 0. The van der Waals surface area contributed by atoms with Crippen LogP contribution in [0.5, 0.6) is 11.5 Å². The zero-order valence-corrected chi connectivity index (χ0v) is 9.61. The van der Waals surface area contributed by atoms with Crippen molar-refractivity contribution >= 4 is 17.3 Å². The van der Waals surface area contributed by atoms with Crippen molar-refractivity contribution in [2.24, 2.45) is 0 Å². The Bertz CT molecular complexity index is 573. The minimum atomic E-state index is 0.489. The third-order valence-electron chi connectivity index (χ3n) is 2.17. The van der Waals surface area contributed by atoms with Gasteiger partial charge in [-0.25, -0.2) is 0 Å². The van der Waals surface area contributed by atoms with Crippen LogP contribution in [0.3, 0.4) is 0 Å². The van der Waals surface area contributed by atoms with Gasteiger partial charge in [-0.2, -0.15) is 5.26 Å². The van der Waals surface area contributed by atoms with Crippen molar-refractivity contribution in [1.82, 2.24) is 0 Å². The molecule has 0 aliphatic carbocycles. The SMILES string of the molecule is N#Cc1ccc(Oc2cc(N)ccc2Cl)cc1. The molecule has 0 spiro atoms. The predicted octanol–water partition coefficient (Wildman–Crippen LogP) is 3.59. The second-order valence-corrected chi connectivity index (χ2v) is 3.84. The predicted molar refractivity (Wildman–Crippen MR) is 67.1 cm³/mol. The van der Waals surface area contributed by atoms with Crippen molar-refractivity contribution in [3.8, 4) is 17.6 Å². The molecule has 0 aliphatic heterocycles. The molecule has 0 bridgehead atoms. The zero-order chi connectivity index (χ0) is 12.3. The molecule has 2 aromatic rings. The zero-order valence-electron chi connectivity index (χ0n) is 8.85. The quantitative estimate of drug-likeness (QED) is 0.822. The van der Waals surface area contributed by atoms with Gasteiger partial charge in [0, 0.05) is 11.8 Å². The normalized spacial score (nSPS) is 9.65. The molecule has 0 heterocycles. The summed E-state index contributed by atoms with van der Waals surface area (Å²) in [7, 11) is 0. The molecular formula is C13H9ClN2O. The van der Waals surface area contributed by atoms with Gasteiger partial charge < -0.3 is 10.5 Å².